The summed E-state index contributed by atoms with van der Waals surface area (Å²) in [5.74, 6) is 1.81. The predicted molar refractivity (Wildman–Crippen MR) is 108 cm³/mol. The highest BCUT2D eigenvalue weighted by molar-refractivity contribution is 5.80. The molecule has 0 amide bonds. The van der Waals surface area contributed by atoms with Crippen LogP contribution >= 0.6 is 0 Å². The highest BCUT2D eigenvalue weighted by atomic mass is 15.2. The number of hydrogen-bond acceptors (Lipinski definition) is 2. The number of hydrogen-bond donors (Lipinski definition) is 2. The number of nitrogens with zero attached hydrogens (tertiary/aromatic N) is 2. The van der Waals surface area contributed by atoms with Gasteiger partial charge >= 0.3 is 0 Å². The molecule has 1 aromatic rings. The number of aryl methyl sites for hydroxylation is 1. The predicted octanol–water partition coefficient (Wildman–Crippen LogP) is 3.29. The summed E-state index contributed by atoms with van der Waals surface area (Å²) in [5, 5.41) is 6.95. The van der Waals surface area contributed by atoms with Crippen LogP contribution in [0.2, 0.25) is 0 Å². The van der Waals surface area contributed by atoms with Gasteiger partial charge in [-0.25, -0.2) is 0 Å². The monoisotopic (exact) mass is 344 g/mol. The van der Waals surface area contributed by atoms with E-state index in [9.17, 15) is 0 Å². The topological polar surface area (TPSA) is 39.7 Å². The van der Waals surface area contributed by atoms with E-state index in [2.05, 4.69) is 66.8 Å². The van der Waals surface area contributed by atoms with Crippen LogP contribution in [0.15, 0.2) is 35.3 Å². The Morgan fingerprint density at radius 2 is 1.96 bits per heavy atom. The highest BCUT2D eigenvalue weighted by Crippen LogP contribution is 2.19. The van der Waals surface area contributed by atoms with E-state index in [0.717, 1.165) is 37.8 Å². The summed E-state index contributed by atoms with van der Waals surface area (Å²) < 4.78 is 0. The van der Waals surface area contributed by atoms with E-state index in [0.29, 0.717) is 6.04 Å². The summed E-state index contributed by atoms with van der Waals surface area (Å²) in [4.78, 5) is 7.23. The van der Waals surface area contributed by atoms with Gasteiger partial charge in [-0.2, -0.15) is 0 Å². The fourth-order valence-corrected chi connectivity index (χ4v) is 3.36. The molecule has 0 spiro atoms. The van der Waals surface area contributed by atoms with E-state index in [1.54, 1.807) is 0 Å². The Morgan fingerprint density at radius 3 is 2.64 bits per heavy atom. The first-order chi connectivity index (χ1) is 12.2. The summed E-state index contributed by atoms with van der Waals surface area (Å²) in [6, 6.07) is 11.1. The second-order valence-corrected chi connectivity index (χ2v) is 7.37. The van der Waals surface area contributed by atoms with Gasteiger partial charge in [-0.05, 0) is 77.6 Å². The van der Waals surface area contributed by atoms with Crippen molar-refractivity contribution in [3.63, 3.8) is 0 Å². The Bertz CT molecular complexity index is 492. The molecule has 1 aromatic carbocycles. The van der Waals surface area contributed by atoms with Crippen LogP contribution in [0.4, 0.5) is 0 Å². The van der Waals surface area contributed by atoms with Crippen molar-refractivity contribution < 1.29 is 0 Å². The summed E-state index contributed by atoms with van der Waals surface area (Å²) in [6.45, 7) is 8.68. The van der Waals surface area contributed by atoms with Gasteiger partial charge in [0.2, 0.25) is 0 Å². The van der Waals surface area contributed by atoms with Crippen LogP contribution in [0, 0.1) is 5.92 Å². The van der Waals surface area contributed by atoms with Crippen LogP contribution in [0.5, 0.6) is 0 Å². The number of piperidine rings is 1. The van der Waals surface area contributed by atoms with Crippen molar-refractivity contribution in [3.8, 4) is 0 Å². The first kappa shape index (κ1) is 19.8. The summed E-state index contributed by atoms with van der Waals surface area (Å²) in [5.41, 5.74) is 1.40. The largest absolute Gasteiger partial charge is 0.357 e. The molecule has 0 radical (unpaired) electrons. The Morgan fingerprint density at radius 1 is 1.24 bits per heavy atom. The van der Waals surface area contributed by atoms with E-state index < -0.39 is 0 Å². The average Bonchev–Trinajstić information content (AvgIpc) is 2.63. The standard InChI is InChI=1S/C21H36N4/c1-4-22-21(23-15-12-20-13-16-25(3)17-14-20)24-18(2)10-11-19-8-6-5-7-9-19/h5-9,18,20H,4,10-17H2,1-3H3,(H2,22,23,24). The van der Waals surface area contributed by atoms with E-state index in [1.165, 1.54) is 37.9 Å². The minimum absolute atomic E-state index is 0.418. The lowest BCUT2D eigenvalue weighted by Crippen LogP contribution is -2.42. The zero-order chi connectivity index (χ0) is 17.9. The van der Waals surface area contributed by atoms with Gasteiger partial charge in [0.15, 0.2) is 5.96 Å². The van der Waals surface area contributed by atoms with Crippen molar-refractivity contribution in [1.29, 1.82) is 0 Å². The molecule has 2 N–H and O–H groups in total. The number of likely N-dealkylation sites (tertiary alicyclic amines) is 1. The SMILES string of the molecule is CCNC(=NCCC1CCN(C)CC1)NC(C)CCc1ccccc1. The van der Waals surface area contributed by atoms with Crippen molar-refractivity contribution in [1.82, 2.24) is 15.5 Å². The van der Waals surface area contributed by atoms with Gasteiger partial charge in [0.05, 0.1) is 0 Å². The summed E-state index contributed by atoms with van der Waals surface area (Å²) in [6.07, 6.45) is 6.07. The number of guanidine groups is 1. The van der Waals surface area contributed by atoms with Gasteiger partial charge in [-0.1, -0.05) is 30.3 Å². The molecule has 1 atom stereocenters. The summed E-state index contributed by atoms with van der Waals surface area (Å²) >= 11 is 0. The molecule has 1 aliphatic rings. The molecule has 1 unspecified atom stereocenters. The summed E-state index contributed by atoms with van der Waals surface area (Å²) in [7, 11) is 2.22. The lowest BCUT2D eigenvalue weighted by molar-refractivity contribution is 0.214. The van der Waals surface area contributed by atoms with Crippen molar-refractivity contribution >= 4 is 5.96 Å². The average molecular weight is 345 g/mol. The van der Waals surface area contributed by atoms with Crippen molar-refractivity contribution in [2.45, 2.75) is 52.0 Å². The normalized spacial score (nSPS) is 18.1. The van der Waals surface area contributed by atoms with Gasteiger partial charge in [-0.3, -0.25) is 4.99 Å². The third-order valence-corrected chi connectivity index (χ3v) is 5.08. The highest BCUT2D eigenvalue weighted by Gasteiger charge is 2.16. The number of aliphatic imine (C=N–C) groups is 1. The van der Waals surface area contributed by atoms with E-state index >= 15 is 0 Å². The Kier molecular flexibility index (Phi) is 8.81. The first-order valence-electron chi connectivity index (χ1n) is 9.94. The minimum Gasteiger partial charge on any atom is -0.357 e. The number of nitrogens with one attached hydrogen (secondary N) is 2. The smallest absolute Gasteiger partial charge is 0.191 e. The zero-order valence-electron chi connectivity index (χ0n) is 16.3. The Labute approximate surface area is 154 Å². The maximum Gasteiger partial charge on any atom is 0.191 e. The molecule has 0 bridgehead atoms. The fourth-order valence-electron chi connectivity index (χ4n) is 3.36. The Hall–Kier alpha value is -1.55. The molecular weight excluding hydrogens is 308 g/mol. The van der Waals surface area contributed by atoms with Crippen LogP contribution in [-0.2, 0) is 6.42 Å². The van der Waals surface area contributed by atoms with Crippen LogP contribution in [0.25, 0.3) is 0 Å². The third-order valence-electron chi connectivity index (χ3n) is 5.08. The van der Waals surface area contributed by atoms with Crippen molar-refractivity contribution in [2.75, 3.05) is 33.2 Å². The van der Waals surface area contributed by atoms with E-state index in [4.69, 9.17) is 4.99 Å². The lowest BCUT2D eigenvalue weighted by atomic mass is 9.94. The molecule has 0 aromatic heterocycles. The van der Waals surface area contributed by atoms with Gasteiger partial charge < -0.3 is 15.5 Å². The molecule has 2 rings (SSSR count). The molecule has 0 saturated carbocycles. The van der Waals surface area contributed by atoms with Gasteiger partial charge in [0, 0.05) is 19.1 Å². The molecule has 4 heteroatoms. The van der Waals surface area contributed by atoms with Gasteiger partial charge in [-0.15, -0.1) is 0 Å². The van der Waals surface area contributed by atoms with Gasteiger partial charge in [0.25, 0.3) is 0 Å². The van der Waals surface area contributed by atoms with E-state index in [-0.39, 0.29) is 0 Å². The van der Waals surface area contributed by atoms with Crippen molar-refractivity contribution in [3.05, 3.63) is 35.9 Å². The maximum atomic E-state index is 4.80. The van der Waals surface area contributed by atoms with Crippen LogP contribution in [-0.4, -0.2) is 50.1 Å². The van der Waals surface area contributed by atoms with Gasteiger partial charge in [0.1, 0.15) is 0 Å². The Balaban J connectivity index is 1.72. The quantitative estimate of drug-likeness (QED) is 0.561. The van der Waals surface area contributed by atoms with Crippen LogP contribution in [0.3, 0.4) is 0 Å². The van der Waals surface area contributed by atoms with Crippen LogP contribution < -0.4 is 10.6 Å². The second kappa shape index (κ2) is 11.1. The second-order valence-electron chi connectivity index (χ2n) is 7.37. The lowest BCUT2D eigenvalue weighted by Gasteiger charge is -2.28. The molecular formula is C21H36N4. The minimum atomic E-state index is 0.418. The van der Waals surface area contributed by atoms with E-state index in [1.807, 2.05) is 0 Å². The zero-order valence-corrected chi connectivity index (χ0v) is 16.3. The molecule has 1 saturated heterocycles. The third kappa shape index (κ3) is 7.91. The van der Waals surface area contributed by atoms with Crippen molar-refractivity contribution in [2.24, 2.45) is 10.9 Å². The molecule has 1 aliphatic heterocycles. The fraction of sp³-hybridized carbons (Fsp3) is 0.667. The number of benzene rings is 1. The molecule has 140 valence electrons. The number of rotatable bonds is 8. The molecule has 1 fully saturated rings. The van der Waals surface area contributed by atoms with Crippen LogP contribution in [0.1, 0.15) is 45.1 Å². The molecule has 4 nitrogen and oxygen atoms in total. The molecule has 0 aliphatic carbocycles. The molecule has 25 heavy (non-hydrogen) atoms. The maximum absolute atomic E-state index is 4.80. The first-order valence-corrected chi connectivity index (χ1v) is 9.94. The molecule has 1 heterocycles.